The van der Waals surface area contributed by atoms with E-state index >= 15 is 0 Å². The standard InChI is InChI=1S/C15H19F3O/c16-15(17,18)14-7-5-11(6-8-14)9-13(10-19)12-3-1-2-4-12/h5-8,12-13,19H,1-4,9-10H2. The van der Waals surface area contributed by atoms with Crippen LogP contribution in [0.25, 0.3) is 0 Å². The summed E-state index contributed by atoms with van der Waals surface area (Å²) in [6.45, 7) is 0.117. The first-order chi connectivity index (χ1) is 9.00. The molecule has 1 unspecified atom stereocenters. The highest BCUT2D eigenvalue weighted by Crippen LogP contribution is 2.34. The molecular formula is C15H19F3O. The first-order valence-electron chi connectivity index (χ1n) is 6.77. The van der Waals surface area contributed by atoms with Crippen molar-refractivity contribution < 1.29 is 18.3 Å². The Labute approximate surface area is 111 Å². The Morgan fingerprint density at radius 2 is 1.68 bits per heavy atom. The average Bonchev–Trinajstić information content (AvgIpc) is 2.89. The summed E-state index contributed by atoms with van der Waals surface area (Å²) < 4.78 is 37.4. The van der Waals surface area contributed by atoms with Crippen LogP contribution in [-0.2, 0) is 12.6 Å². The third-order valence-electron chi connectivity index (χ3n) is 4.08. The number of hydrogen-bond donors (Lipinski definition) is 1. The van der Waals surface area contributed by atoms with Gasteiger partial charge in [0.2, 0.25) is 0 Å². The first kappa shape index (κ1) is 14.4. The lowest BCUT2D eigenvalue weighted by Gasteiger charge is -2.21. The van der Waals surface area contributed by atoms with Gasteiger partial charge in [-0.05, 0) is 36.0 Å². The lowest BCUT2D eigenvalue weighted by Crippen LogP contribution is -2.18. The topological polar surface area (TPSA) is 20.2 Å². The quantitative estimate of drug-likeness (QED) is 0.876. The molecule has 1 aliphatic rings. The van der Waals surface area contributed by atoms with E-state index in [1.807, 2.05) is 0 Å². The minimum atomic E-state index is -4.28. The fourth-order valence-corrected chi connectivity index (χ4v) is 2.94. The Hall–Kier alpha value is -1.03. The van der Waals surface area contributed by atoms with Crippen LogP contribution >= 0.6 is 0 Å². The van der Waals surface area contributed by atoms with Crippen molar-refractivity contribution in [2.75, 3.05) is 6.61 Å². The molecule has 0 radical (unpaired) electrons. The molecule has 0 aliphatic heterocycles. The minimum Gasteiger partial charge on any atom is -0.396 e. The summed E-state index contributed by atoms with van der Waals surface area (Å²) >= 11 is 0. The Kier molecular flexibility index (Phi) is 4.50. The van der Waals surface area contributed by atoms with Gasteiger partial charge in [-0.15, -0.1) is 0 Å². The largest absolute Gasteiger partial charge is 0.416 e. The molecule has 0 amide bonds. The third-order valence-corrected chi connectivity index (χ3v) is 4.08. The molecule has 4 heteroatoms. The van der Waals surface area contributed by atoms with Gasteiger partial charge in [-0.1, -0.05) is 37.8 Å². The predicted molar refractivity (Wildman–Crippen MR) is 67.7 cm³/mol. The second kappa shape index (κ2) is 5.95. The summed E-state index contributed by atoms with van der Waals surface area (Å²) in [5.74, 6) is 0.700. The maximum absolute atomic E-state index is 12.5. The van der Waals surface area contributed by atoms with Gasteiger partial charge in [0.1, 0.15) is 0 Å². The smallest absolute Gasteiger partial charge is 0.396 e. The number of aliphatic hydroxyl groups is 1. The molecule has 1 N–H and O–H groups in total. The van der Waals surface area contributed by atoms with Crippen molar-refractivity contribution in [2.24, 2.45) is 11.8 Å². The summed E-state index contributed by atoms with van der Waals surface area (Å²) in [6, 6.07) is 5.30. The summed E-state index contributed by atoms with van der Waals surface area (Å²) in [7, 11) is 0. The first-order valence-corrected chi connectivity index (χ1v) is 6.77. The van der Waals surface area contributed by atoms with Crippen LogP contribution in [0, 0.1) is 11.8 Å². The highest BCUT2D eigenvalue weighted by molar-refractivity contribution is 5.25. The predicted octanol–water partition coefficient (Wildman–Crippen LogP) is 4.05. The second-order valence-corrected chi connectivity index (χ2v) is 5.39. The van der Waals surface area contributed by atoms with Crippen LogP contribution in [0.3, 0.4) is 0 Å². The van der Waals surface area contributed by atoms with Crippen LogP contribution < -0.4 is 0 Å². The molecular weight excluding hydrogens is 253 g/mol. The van der Waals surface area contributed by atoms with E-state index in [2.05, 4.69) is 0 Å². The van der Waals surface area contributed by atoms with E-state index in [4.69, 9.17) is 0 Å². The van der Waals surface area contributed by atoms with Crippen molar-refractivity contribution in [1.82, 2.24) is 0 Å². The van der Waals surface area contributed by atoms with Crippen LogP contribution in [0.1, 0.15) is 36.8 Å². The summed E-state index contributed by atoms with van der Waals surface area (Å²) in [6.07, 6.45) is 1.06. The number of hydrogen-bond acceptors (Lipinski definition) is 1. The molecule has 1 aromatic carbocycles. The van der Waals surface area contributed by atoms with Gasteiger partial charge in [0.25, 0.3) is 0 Å². The van der Waals surface area contributed by atoms with Gasteiger partial charge in [-0.25, -0.2) is 0 Å². The molecule has 0 saturated heterocycles. The van der Waals surface area contributed by atoms with Crippen LogP contribution in [-0.4, -0.2) is 11.7 Å². The molecule has 1 aromatic rings. The third kappa shape index (κ3) is 3.72. The summed E-state index contributed by atoms with van der Waals surface area (Å²) in [5.41, 5.74) is 0.261. The molecule has 19 heavy (non-hydrogen) atoms. The fraction of sp³-hybridized carbons (Fsp3) is 0.600. The number of rotatable bonds is 4. The summed E-state index contributed by atoms with van der Waals surface area (Å²) in [5, 5.41) is 9.45. The monoisotopic (exact) mass is 272 g/mol. The van der Waals surface area contributed by atoms with E-state index in [-0.39, 0.29) is 12.5 Å². The number of halogens is 3. The van der Waals surface area contributed by atoms with Crippen LogP contribution in [0.2, 0.25) is 0 Å². The van der Waals surface area contributed by atoms with Crippen molar-refractivity contribution in [3.8, 4) is 0 Å². The van der Waals surface area contributed by atoms with Crippen molar-refractivity contribution in [3.63, 3.8) is 0 Å². The molecule has 2 rings (SSSR count). The molecule has 106 valence electrons. The zero-order chi connectivity index (χ0) is 13.9. The highest BCUT2D eigenvalue weighted by Gasteiger charge is 2.30. The van der Waals surface area contributed by atoms with Crippen LogP contribution in [0.4, 0.5) is 13.2 Å². The van der Waals surface area contributed by atoms with Gasteiger partial charge in [-0.2, -0.15) is 13.2 Å². The van der Waals surface area contributed by atoms with E-state index in [0.29, 0.717) is 12.3 Å². The molecule has 0 heterocycles. The van der Waals surface area contributed by atoms with Gasteiger partial charge >= 0.3 is 6.18 Å². The fourth-order valence-electron chi connectivity index (χ4n) is 2.94. The Morgan fingerprint density at radius 3 is 2.16 bits per heavy atom. The molecule has 1 aliphatic carbocycles. The highest BCUT2D eigenvalue weighted by atomic mass is 19.4. The molecule has 0 aromatic heterocycles. The Balaban J connectivity index is 2.01. The minimum absolute atomic E-state index is 0.117. The maximum atomic E-state index is 12.5. The average molecular weight is 272 g/mol. The van der Waals surface area contributed by atoms with E-state index in [9.17, 15) is 18.3 Å². The van der Waals surface area contributed by atoms with Crippen molar-refractivity contribution in [2.45, 2.75) is 38.3 Å². The number of aliphatic hydroxyl groups excluding tert-OH is 1. The SMILES string of the molecule is OCC(Cc1ccc(C(F)(F)F)cc1)C1CCCC1. The lowest BCUT2D eigenvalue weighted by atomic mass is 9.86. The second-order valence-electron chi connectivity index (χ2n) is 5.39. The van der Waals surface area contributed by atoms with Crippen molar-refractivity contribution in [1.29, 1.82) is 0 Å². The van der Waals surface area contributed by atoms with E-state index in [1.54, 1.807) is 0 Å². The lowest BCUT2D eigenvalue weighted by molar-refractivity contribution is -0.137. The van der Waals surface area contributed by atoms with Crippen molar-refractivity contribution in [3.05, 3.63) is 35.4 Å². The van der Waals surface area contributed by atoms with Gasteiger partial charge in [0, 0.05) is 6.61 Å². The van der Waals surface area contributed by atoms with Gasteiger partial charge in [-0.3, -0.25) is 0 Å². The van der Waals surface area contributed by atoms with Crippen LogP contribution in [0.5, 0.6) is 0 Å². The Bertz CT molecular complexity index is 391. The molecule has 1 fully saturated rings. The maximum Gasteiger partial charge on any atom is 0.416 e. The van der Waals surface area contributed by atoms with Gasteiger partial charge in [0.15, 0.2) is 0 Å². The molecule has 1 saturated carbocycles. The van der Waals surface area contributed by atoms with Gasteiger partial charge in [0.05, 0.1) is 5.56 Å². The van der Waals surface area contributed by atoms with Crippen LogP contribution in [0.15, 0.2) is 24.3 Å². The Morgan fingerprint density at radius 1 is 1.11 bits per heavy atom. The number of benzene rings is 1. The summed E-state index contributed by atoms with van der Waals surface area (Å²) in [4.78, 5) is 0. The zero-order valence-electron chi connectivity index (χ0n) is 10.8. The van der Waals surface area contributed by atoms with Crippen molar-refractivity contribution >= 4 is 0 Å². The molecule has 0 bridgehead atoms. The normalized spacial score (nSPS) is 18.7. The van der Waals surface area contributed by atoms with E-state index < -0.39 is 11.7 Å². The molecule has 1 nitrogen and oxygen atoms in total. The number of alkyl halides is 3. The molecule has 1 atom stereocenters. The van der Waals surface area contributed by atoms with Gasteiger partial charge < -0.3 is 5.11 Å². The molecule has 0 spiro atoms. The van der Waals surface area contributed by atoms with E-state index in [0.717, 1.165) is 30.5 Å². The zero-order valence-corrected chi connectivity index (χ0v) is 10.8. The van der Waals surface area contributed by atoms with E-state index in [1.165, 1.54) is 25.0 Å².